The van der Waals surface area contributed by atoms with Gasteiger partial charge in [-0.1, -0.05) is 0 Å². The lowest BCUT2D eigenvalue weighted by Crippen LogP contribution is -3.00. The normalized spacial score (nSPS) is 16.8. The second-order valence-electron chi connectivity index (χ2n) is 3.94. The van der Waals surface area contributed by atoms with Gasteiger partial charge in [0.05, 0.1) is 5.88 Å². The van der Waals surface area contributed by atoms with Crippen molar-refractivity contribution in [3.8, 4) is 0 Å². The highest BCUT2D eigenvalue weighted by molar-refractivity contribution is 6.17. The number of hydrogen-bond donors (Lipinski definition) is 0. The van der Waals surface area contributed by atoms with Gasteiger partial charge in [-0.2, -0.15) is 0 Å². The highest BCUT2D eigenvalue weighted by Gasteiger charge is 2.16. The van der Waals surface area contributed by atoms with Crippen molar-refractivity contribution < 1.29 is 21.7 Å². The van der Waals surface area contributed by atoms with Crippen LogP contribution in [0, 0.1) is 0 Å². The van der Waals surface area contributed by atoms with E-state index in [4.69, 9.17) is 16.3 Å². The first-order valence-electron chi connectivity index (χ1n) is 5.53. The highest BCUT2D eigenvalue weighted by atomic mass is 35.5. The van der Waals surface area contributed by atoms with Crippen LogP contribution in [0.3, 0.4) is 0 Å². The summed E-state index contributed by atoms with van der Waals surface area (Å²) >= 11 is 5.69. The molecule has 1 saturated heterocycles. The van der Waals surface area contributed by atoms with E-state index in [-0.39, 0.29) is 12.4 Å². The Morgan fingerprint density at radius 1 is 1.25 bits per heavy atom. The van der Waals surface area contributed by atoms with Crippen molar-refractivity contribution in [2.45, 2.75) is 25.3 Å². The van der Waals surface area contributed by atoms with Crippen molar-refractivity contribution in [2.75, 3.05) is 19.1 Å². The van der Waals surface area contributed by atoms with Gasteiger partial charge in [-0.25, -0.2) is 4.57 Å². The Labute approximate surface area is 108 Å². The Balaban J connectivity index is 0.00000128. The third-order valence-electron chi connectivity index (χ3n) is 2.95. The summed E-state index contributed by atoms with van der Waals surface area (Å²) in [6.45, 7) is 2.69. The van der Waals surface area contributed by atoms with E-state index in [9.17, 15) is 0 Å². The number of hydrogen-bond acceptors (Lipinski definition) is 1. The molecule has 0 aliphatic carbocycles. The molecule has 0 radical (unpaired) electrons. The largest absolute Gasteiger partial charge is 1.00 e. The molecule has 0 atom stereocenters. The minimum atomic E-state index is 0. The zero-order valence-corrected chi connectivity index (χ0v) is 10.8. The SMILES string of the molecule is ClCC[n+]1ccc(C2CCOCC2)cc1.[Cl-]. The minimum absolute atomic E-state index is 0. The van der Waals surface area contributed by atoms with Crippen LogP contribution in [0.2, 0.25) is 0 Å². The maximum absolute atomic E-state index is 5.69. The number of rotatable bonds is 3. The lowest BCUT2D eigenvalue weighted by Gasteiger charge is -2.21. The molecule has 0 bridgehead atoms. The molecule has 16 heavy (non-hydrogen) atoms. The molecule has 0 amide bonds. The molecule has 0 unspecified atom stereocenters. The first-order valence-corrected chi connectivity index (χ1v) is 6.06. The van der Waals surface area contributed by atoms with Crippen molar-refractivity contribution in [1.29, 1.82) is 0 Å². The molecular formula is C12H17Cl2NO. The van der Waals surface area contributed by atoms with Crippen molar-refractivity contribution in [3.63, 3.8) is 0 Å². The second-order valence-corrected chi connectivity index (χ2v) is 4.32. The van der Waals surface area contributed by atoms with Gasteiger partial charge in [0.15, 0.2) is 18.9 Å². The Morgan fingerprint density at radius 2 is 1.88 bits per heavy atom. The Morgan fingerprint density at radius 3 is 2.44 bits per heavy atom. The van der Waals surface area contributed by atoms with Gasteiger partial charge < -0.3 is 17.1 Å². The summed E-state index contributed by atoms with van der Waals surface area (Å²) in [6, 6.07) is 4.42. The molecule has 1 aliphatic heterocycles. The number of pyridine rings is 1. The predicted octanol–water partition coefficient (Wildman–Crippen LogP) is -0.889. The summed E-state index contributed by atoms with van der Waals surface area (Å²) in [6.07, 6.45) is 6.54. The van der Waals surface area contributed by atoms with E-state index >= 15 is 0 Å². The molecule has 1 aliphatic rings. The first kappa shape index (κ1) is 13.8. The third-order valence-corrected chi connectivity index (χ3v) is 3.12. The molecule has 0 spiro atoms. The van der Waals surface area contributed by atoms with Crippen LogP contribution in [0.5, 0.6) is 0 Å². The van der Waals surface area contributed by atoms with E-state index in [1.54, 1.807) is 0 Å². The molecular weight excluding hydrogens is 245 g/mol. The number of aryl methyl sites for hydroxylation is 1. The lowest BCUT2D eigenvalue weighted by atomic mass is 9.93. The molecule has 90 valence electrons. The molecule has 1 fully saturated rings. The van der Waals surface area contributed by atoms with E-state index < -0.39 is 0 Å². The Kier molecular flexibility index (Phi) is 6.10. The average Bonchev–Trinajstić information content (AvgIpc) is 2.32. The van der Waals surface area contributed by atoms with Gasteiger partial charge in [0.25, 0.3) is 0 Å². The smallest absolute Gasteiger partial charge is 0.169 e. The molecule has 0 aromatic carbocycles. The van der Waals surface area contributed by atoms with Crippen LogP contribution in [0.25, 0.3) is 0 Å². The van der Waals surface area contributed by atoms with E-state index in [2.05, 4.69) is 29.1 Å². The monoisotopic (exact) mass is 261 g/mol. The van der Waals surface area contributed by atoms with Gasteiger partial charge in [-0.05, 0) is 24.3 Å². The molecule has 0 N–H and O–H groups in total. The second kappa shape index (κ2) is 7.10. The molecule has 1 aromatic rings. The number of ether oxygens (including phenoxy) is 1. The number of alkyl halides is 1. The van der Waals surface area contributed by atoms with Crippen molar-refractivity contribution in [2.24, 2.45) is 0 Å². The molecule has 2 nitrogen and oxygen atoms in total. The summed E-state index contributed by atoms with van der Waals surface area (Å²) in [4.78, 5) is 0. The summed E-state index contributed by atoms with van der Waals surface area (Å²) < 4.78 is 7.48. The fraction of sp³-hybridized carbons (Fsp3) is 0.583. The van der Waals surface area contributed by atoms with Crippen LogP contribution in [-0.4, -0.2) is 19.1 Å². The van der Waals surface area contributed by atoms with E-state index in [0.29, 0.717) is 11.8 Å². The van der Waals surface area contributed by atoms with Crippen LogP contribution in [0.4, 0.5) is 0 Å². The maximum Gasteiger partial charge on any atom is 0.169 e. The van der Waals surface area contributed by atoms with Crippen molar-refractivity contribution in [1.82, 2.24) is 0 Å². The quantitative estimate of drug-likeness (QED) is 0.509. The van der Waals surface area contributed by atoms with Crippen LogP contribution in [0.1, 0.15) is 24.3 Å². The number of nitrogens with zero attached hydrogens (tertiary/aromatic N) is 1. The average molecular weight is 262 g/mol. The van der Waals surface area contributed by atoms with Gasteiger partial charge in [0, 0.05) is 25.3 Å². The third kappa shape index (κ3) is 3.62. The van der Waals surface area contributed by atoms with Gasteiger partial charge in [0.2, 0.25) is 0 Å². The van der Waals surface area contributed by atoms with Gasteiger partial charge in [-0.3, -0.25) is 0 Å². The zero-order valence-electron chi connectivity index (χ0n) is 9.24. The van der Waals surface area contributed by atoms with E-state index in [1.807, 2.05) is 0 Å². The predicted molar refractivity (Wildman–Crippen MR) is 60.2 cm³/mol. The zero-order chi connectivity index (χ0) is 10.5. The molecule has 4 heteroatoms. The standard InChI is InChI=1S/C12H17ClNO.ClH/c13-5-8-14-6-1-11(2-7-14)12-3-9-15-10-4-12;/h1-2,6-7,12H,3-5,8-10H2;1H/q+1;/p-1. The fourth-order valence-electron chi connectivity index (χ4n) is 2.02. The molecule has 0 saturated carbocycles. The molecule has 1 aromatic heterocycles. The highest BCUT2D eigenvalue weighted by Crippen LogP contribution is 2.25. The van der Waals surface area contributed by atoms with Gasteiger partial charge in [-0.15, -0.1) is 11.6 Å². The summed E-state index contributed by atoms with van der Waals surface area (Å²) in [5.41, 5.74) is 1.43. The molecule has 2 heterocycles. The van der Waals surface area contributed by atoms with E-state index in [1.165, 1.54) is 5.56 Å². The Bertz CT molecular complexity index is 296. The summed E-state index contributed by atoms with van der Waals surface area (Å²) in [5.74, 6) is 1.35. The summed E-state index contributed by atoms with van der Waals surface area (Å²) in [7, 11) is 0. The Hall–Kier alpha value is -0.310. The van der Waals surface area contributed by atoms with Crippen LogP contribution in [-0.2, 0) is 11.3 Å². The number of halogens is 2. The van der Waals surface area contributed by atoms with Crippen LogP contribution < -0.4 is 17.0 Å². The van der Waals surface area contributed by atoms with Gasteiger partial charge >= 0.3 is 0 Å². The minimum Gasteiger partial charge on any atom is -1.00 e. The molecule has 2 rings (SSSR count). The maximum atomic E-state index is 5.69. The fourth-order valence-corrected chi connectivity index (χ4v) is 2.21. The van der Waals surface area contributed by atoms with E-state index in [0.717, 1.165) is 32.6 Å². The number of aromatic nitrogens is 1. The van der Waals surface area contributed by atoms with Crippen LogP contribution in [0.15, 0.2) is 24.5 Å². The van der Waals surface area contributed by atoms with Crippen molar-refractivity contribution in [3.05, 3.63) is 30.1 Å². The first-order chi connectivity index (χ1) is 7.40. The van der Waals surface area contributed by atoms with Crippen LogP contribution >= 0.6 is 11.6 Å². The lowest BCUT2D eigenvalue weighted by molar-refractivity contribution is -0.692. The van der Waals surface area contributed by atoms with Gasteiger partial charge in [0.1, 0.15) is 0 Å². The van der Waals surface area contributed by atoms with Crippen molar-refractivity contribution >= 4 is 11.6 Å². The summed E-state index contributed by atoms with van der Waals surface area (Å²) in [5, 5.41) is 0. The topological polar surface area (TPSA) is 13.1 Å².